The van der Waals surface area contributed by atoms with Crippen LogP contribution in [0, 0.1) is 0 Å². The van der Waals surface area contributed by atoms with Gasteiger partial charge in [-0.15, -0.1) is 0 Å². The molecule has 0 saturated heterocycles. The minimum atomic E-state index is 1.05. The molecule has 0 unspecified atom stereocenters. The van der Waals surface area contributed by atoms with E-state index in [2.05, 4.69) is 137 Å². The van der Waals surface area contributed by atoms with Crippen molar-refractivity contribution in [2.75, 3.05) is 7.05 Å². The zero-order valence-corrected chi connectivity index (χ0v) is 23.4. The average molecular weight is 537 g/mol. The summed E-state index contributed by atoms with van der Waals surface area (Å²) in [5.74, 6) is 0. The summed E-state index contributed by atoms with van der Waals surface area (Å²) in [4.78, 5) is 4.20. The highest BCUT2D eigenvalue weighted by atomic mass is 15.0. The zero-order chi connectivity index (χ0) is 28.2. The van der Waals surface area contributed by atoms with E-state index in [1.165, 1.54) is 71.6 Å². The summed E-state index contributed by atoms with van der Waals surface area (Å²) in [6.45, 7) is 3.85. The van der Waals surface area contributed by atoms with Crippen molar-refractivity contribution in [3.05, 3.63) is 146 Å². The third-order valence-corrected chi connectivity index (χ3v) is 8.56. The summed E-state index contributed by atoms with van der Waals surface area (Å²) in [6.07, 6.45) is 5.66. The molecule has 8 rings (SSSR count). The Kier molecular flexibility index (Phi) is 5.55. The number of rotatable bonds is 5. The molecule has 0 amide bonds. The Balaban J connectivity index is 1.31. The van der Waals surface area contributed by atoms with Crippen LogP contribution in [0.15, 0.2) is 145 Å². The summed E-state index contributed by atoms with van der Waals surface area (Å²) in [5, 5.41) is 5.14. The van der Waals surface area contributed by atoms with Crippen molar-refractivity contribution in [3.8, 4) is 39.1 Å². The first-order valence-electron chi connectivity index (χ1n) is 14.3. The van der Waals surface area contributed by atoms with Gasteiger partial charge in [-0.1, -0.05) is 116 Å². The molecule has 0 bridgehead atoms. The fourth-order valence-electron chi connectivity index (χ4n) is 6.74. The number of hydrogen-bond acceptors (Lipinski definition) is 1. The van der Waals surface area contributed by atoms with Crippen molar-refractivity contribution in [2.45, 2.75) is 0 Å². The van der Waals surface area contributed by atoms with Gasteiger partial charge in [0.15, 0.2) is 0 Å². The van der Waals surface area contributed by atoms with Crippen LogP contribution in [0.25, 0.3) is 77.2 Å². The SMILES string of the molecule is C=C/C=C(\C=NC)c1ccc(-c2ccc3c(c2)c2ccccc2n3-c2ccc3c4c(cccc24)-c2ccccc2-3)cc1. The first-order valence-corrected chi connectivity index (χ1v) is 14.3. The molecule has 2 nitrogen and oxygen atoms in total. The monoisotopic (exact) mass is 536 g/mol. The van der Waals surface area contributed by atoms with Crippen LogP contribution < -0.4 is 0 Å². The highest BCUT2D eigenvalue weighted by molar-refractivity contribution is 6.19. The lowest BCUT2D eigenvalue weighted by molar-refractivity contribution is 1.20. The van der Waals surface area contributed by atoms with Crippen LogP contribution >= 0.6 is 0 Å². The minimum Gasteiger partial charge on any atom is -0.309 e. The number of hydrogen-bond donors (Lipinski definition) is 0. The molecule has 0 saturated carbocycles. The Morgan fingerprint density at radius 1 is 0.619 bits per heavy atom. The average Bonchev–Trinajstić information content (AvgIpc) is 3.55. The number of aliphatic imine (C=N–C) groups is 1. The molecule has 1 aromatic heterocycles. The molecule has 0 radical (unpaired) electrons. The number of nitrogens with zero attached hydrogens (tertiary/aromatic N) is 2. The lowest BCUT2D eigenvalue weighted by Crippen LogP contribution is -1.95. The van der Waals surface area contributed by atoms with E-state index in [4.69, 9.17) is 0 Å². The van der Waals surface area contributed by atoms with Gasteiger partial charge in [0.05, 0.1) is 16.7 Å². The highest BCUT2D eigenvalue weighted by Crippen LogP contribution is 2.49. The van der Waals surface area contributed by atoms with Crippen LogP contribution in [0.5, 0.6) is 0 Å². The summed E-state index contributed by atoms with van der Waals surface area (Å²) >= 11 is 0. The topological polar surface area (TPSA) is 17.3 Å². The van der Waals surface area contributed by atoms with Crippen LogP contribution in [-0.4, -0.2) is 17.8 Å². The van der Waals surface area contributed by atoms with Crippen LogP contribution in [0.2, 0.25) is 0 Å². The van der Waals surface area contributed by atoms with E-state index in [0.717, 1.165) is 11.1 Å². The number of benzene rings is 6. The van der Waals surface area contributed by atoms with Crippen molar-refractivity contribution < 1.29 is 0 Å². The van der Waals surface area contributed by atoms with Gasteiger partial charge in [-0.25, -0.2) is 0 Å². The van der Waals surface area contributed by atoms with Gasteiger partial charge in [0, 0.05) is 29.4 Å². The maximum Gasteiger partial charge on any atom is 0.0541 e. The molecule has 1 aliphatic rings. The molecule has 0 spiro atoms. The van der Waals surface area contributed by atoms with E-state index in [0.29, 0.717) is 0 Å². The number of allylic oxidation sites excluding steroid dienone is 3. The summed E-state index contributed by atoms with van der Waals surface area (Å²) in [6, 6.07) is 44.4. The standard InChI is InChI=1S/C40H28N2/c1-3-9-29(25-41-2)27-18-16-26(17-19-27)28-20-22-39-36(24-28)32-12-6-7-15-37(32)42(39)38-23-21-34-31-11-5-4-10-30(31)33-13-8-14-35(38)40(33)34/h3-25H,1H2,2H3/b29-9+,41-25?. The fourth-order valence-corrected chi connectivity index (χ4v) is 6.74. The van der Waals surface area contributed by atoms with Crippen LogP contribution in [0.3, 0.4) is 0 Å². The number of aromatic nitrogens is 1. The molecule has 198 valence electrons. The number of para-hydroxylation sites is 1. The maximum atomic E-state index is 4.20. The third kappa shape index (κ3) is 3.55. The Morgan fingerprint density at radius 2 is 1.29 bits per heavy atom. The molecule has 6 aromatic carbocycles. The fraction of sp³-hybridized carbons (Fsp3) is 0.0250. The van der Waals surface area contributed by atoms with Gasteiger partial charge in [0.2, 0.25) is 0 Å². The van der Waals surface area contributed by atoms with Crippen molar-refractivity contribution in [3.63, 3.8) is 0 Å². The van der Waals surface area contributed by atoms with E-state index in [-0.39, 0.29) is 0 Å². The second kappa shape index (κ2) is 9.57. The normalized spacial score (nSPS) is 12.5. The predicted octanol–water partition coefficient (Wildman–Crippen LogP) is 10.5. The van der Waals surface area contributed by atoms with E-state index in [9.17, 15) is 0 Å². The van der Waals surface area contributed by atoms with Crippen LogP contribution in [-0.2, 0) is 0 Å². The van der Waals surface area contributed by atoms with E-state index < -0.39 is 0 Å². The first kappa shape index (κ1) is 24.3. The zero-order valence-electron chi connectivity index (χ0n) is 23.4. The number of fused-ring (bicyclic) bond motifs is 6. The van der Waals surface area contributed by atoms with Crippen molar-refractivity contribution in [2.24, 2.45) is 4.99 Å². The smallest absolute Gasteiger partial charge is 0.0541 e. The van der Waals surface area contributed by atoms with Gasteiger partial charge in [0.1, 0.15) is 0 Å². The molecular formula is C40H28N2. The van der Waals surface area contributed by atoms with Crippen molar-refractivity contribution >= 4 is 44.4 Å². The molecule has 1 aliphatic carbocycles. The minimum absolute atomic E-state index is 1.05. The summed E-state index contributed by atoms with van der Waals surface area (Å²) in [5.41, 5.74) is 13.5. The Morgan fingerprint density at radius 3 is 2.07 bits per heavy atom. The Bertz CT molecular complexity index is 2230. The second-order valence-corrected chi connectivity index (χ2v) is 10.8. The summed E-state index contributed by atoms with van der Waals surface area (Å²) in [7, 11) is 1.79. The lowest BCUT2D eigenvalue weighted by atomic mass is 9.99. The summed E-state index contributed by atoms with van der Waals surface area (Å²) < 4.78 is 2.44. The quantitative estimate of drug-likeness (QED) is 0.154. The van der Waals surface area contributed by atoms with Gasteiger partial charge in [-0.2, -0.15) is 0 Å². The van der Waals surface area contributed by atoms with Gasteiger partial charge in [-0.05, 0) is 74.2 Å². The first-order chi connectivity index (χ1) is 20.8. The van der Waals surface area contributed by atoms with Gasteiger partial charge < -0.3 is 4.57 Å². The Hall–Kier alpha value is -5.47. The predicted molar refractivity (Wildman–Crippen MR) is 181 cm³/mol. The van der Waals surface area contributed by atoms with Crippen LogP contribution in [0.4, 0.5) is 0 Å². The lowest BCUT2D eigenvalue weighted by Gasteiger charge is -2.13. The molecule has 2 heteroatoms. The van der Waals surface area contributed by atoms with Crippen molar-refractivity contribution in [1.82, 2.24) is 4.57 Å². The highest BCUT2D eigenvalue weighted by Gasteiger charge is 2.23. The molecule has 0 atom stereocenters. The van der Waals surface area contributed by atoms with Crippen LogP contribution in [0.1, 0.15) is 5.56 Å². The molecule has 42 heavy (non-hydrogen) atoms. The largest absolute Gasteiger partial charge is 0.309 e. The molecule has 0 aliphatic heterocycles. The Labute approximate surface area is 245 Å². The van der Waals surface area contributed by atoms with E-state index >= 15 is 0 Å². The van der Waals surface area contributed by atoms with Gasteiger partial charge >= 0.3 is 0 Å². The maximum absolute atomic E-state index is 4.20. The molecule has 0 N–H and O–H groups in total. The van der Waals surface area contributed by atoms with E-state index in [1.54, 1.807) is 13.1 Å². The molecule has 1 heterocycles. The van der Waals surface area contributed by atoms with Gasteiger partial charge in [-0.3, -0.25) is 4.99 Å². The second-order valence-electron chi connectivity index (χ2n) is 10.8. The molecule has 7 aromatic rings. The van der Waals surface area contributed by atoms with E-state index in [1.807, 2.05) is 12.3 Å². The molecular weight excluding hydrogens is 508 g/mol. The third-order valence-electron chi connectivity index (χ3n) is 8.56. The van der Waals surface area contributed by atoms with Crippen molar-refractivity contribution in [1.29, 1.82) is 0 Å². The van der Waals surface area contributed by atoms with Gasteiger partial charge in [0.25, 0.3) is 0 Å². The molecule has 0 fully saturated rings.